The number of aryl methyl sites for hydroxylation is 1. The first-order valence-electron chi connectivity index (χ1n) is 10.6. The fourth-order valence-electron chi connectivity index (χ4n) is 3.40. The Balaban J connectivity index is 1.95. The first-order chi connectivity index (χ1) is 16.1. The molecule has 0 aliphatic carbocycles. The number of hydrogen-bond donors (Lipinski definition) is 1. The van der Waals surface area contributed by atoms with Crippen molar-refractivity contribution in [1.82, 2.24) is 0 Å². The smallest absolute Gasteiger partial charge is 0.338 e. The van der Waals surface area contributed by atoms with Crippen LogP contribution >= 0.6 is 11.6 Å². The van der Waals surface area contributed by atoms with Crippen molar-refractivity contribution in [3.8, 4) is 0 Å². The summed E-state index contributed by atoms with van der Waals surface area (Å²) in [6.07, 6.45) is 0. The van der Waals surface area contributed by atoms with E-state index in [2.05, 4.69) is 5.32 Å². The number of benzene rings is 3. The molecule has 0 spiro atoms. The summed E-state index contributed by atoms with van der Waals surface area (Å²) in [6, 6.07) is 17.5. The lowest BCUT2D eigenvalue weighted by molar-refractivity contribution is -0.114. The second-order valence-corrected chi connectivity index (χ2v) is 9.80. The summed E-state index contributed by atoms with van der Waals surface area (Å²) in [5, 5.41) is 3.13. The Morgan fingerprint density at radius 1 is 0.971 bits per heavy atom. The number of amides is 1. The number of rotatable bonds is 8. The van der Waals surface area contributed by atoms with Crippen LogP contribution in [0.3, 0.4) is 0 Å². The minimum atomic E-state index is -4.08. The maximum absolute atomic E-state index is 13.5. The summed E-state index contributed by atoms with van der Waals surface area (Å²) in [7, 11) is -4.08. The lowest BCUT2D eigenvalue weighted by Crippen LogP contribution is -2.38. The molecule has 0 unspecified atom stereocenters. The number of hydrogen-bond acceptors (Lipinski definition) is 5. The average Bonchev–Trinajstić information content (AvgIpc) is 2.80. The summed E-state index contributed by atoms with van der Waals surface area (Å²) in [5.41, 5.74) is 2.31. The molecule has 0 aliphatic heterocycles. The van der Waals surface area contributed by atoms with Gasteiger partial charge >= 0.3 is 5.97 Å². The maximum atomic E-state index is 13.5. The van der Waals surface area contributed by atoms with Crippen molar-refractivity contribution in [2.24, 2.45) is 0 Å². The molecule has 1 N–H and O–H groups in total. The van der Waals surface area contributed by atoms with Crippen LogP contribution in [-0.2, 0) is 19.6 Å². The quantitative estimate of drug-likeness (QED) is 0.441. The molecular formula is C25H25ClN2O5S. The average molecular weight is 501 g/mol. The highest BCUT2D eigenvalue weighted by molar-refractivity contribution is 7.92. The Bertz CT molecular complexity index is 1310. The molecule has 0 heterocycles. The summed E-state index contributed by atoms with van der Waals surface area (Å²) >= 11 is 5.92. The van der Waals surface area contributed by atoms with E-state index in [1.807, 2.05) is 0 Å². The number of nitrogens with one attached hydrogen (secondary N) is 1. The van der Waals surface area contributed by atoms with Gasteiger partial charge in [-0.1, -0.05) is 35.9 Å². The first kappa shape index (κ1) is 25.3. The van der Waals surface area contributed by atoms with E-state index in [1.165, 1.54) is 24.3 Å². The van der Waals surface area contributed by atoms with Gasteiger partial charge in [0.05, 0.1) is 22.8 Å². The number of carbonyl (C=O) groups is 2. The van der Waals surface area contributed by atoms with Gasteiger partial charge in [-0.15, -0.1) is 0 Å². The standard InChI is InChI=1S/C25H25ClN2O5S/c1-4-33-25(30)21-9-7-10-22(18(21)3)27-24(29)16-28(23-11-6-5-8-17(23)2)34(31,32)20-14-12-19(26)13-15-20/h5-15H,4,16H2,1-3H3,(H,27,29). The molecule has 0 atom stereocenters. The molecule has 0 aliphatic rings. The van der Waals surface area contributed by atoms with Gasteiger partial charge in [-0.05, 0) is 74.4 Å². The largest absolute Gasteiger partial charge is 0.462 e. The third kappa shape index (κ3) is 5.58. The number of carbonyl (C=O) groups excluding carboxylic acids is 2. The van der Waals surface area contributed by atoms with Crippen LogP contribution in [0, 0.1) is 13.8 Å². The molecule has 0 radical (unpaired) electrons. The Kier molecular flexibility index (Phi) is 7.96. The summed E-state index contributed by atoms with van der Waals surface area (Å²) in [5.74, 6) is -1.06. The SMILES string of the molecule is CCOC(=O)c1cccc(NC(=O)CN(c2ccccc2C)S(=O)(=O)c2ccc(Cl)cc2)c1C. The molecule has 0 saturated carbocycles. The minimum absolute atomic E-state index is 0.00782. The maximum Gasteiger partial charge on any atom is 0.338 e. The van der Waals surface area contributed by atoms with Crippen molar-refractivity contribution in [1.29, 1.82) is 0 Å². The number of para-hydroxylation sites is 1. The highest BCUT2D eigenvalue weighted by Gasteiger charge is 2.28. The van der Waals surface area contributed by atoms with Crippen LogP contribution in [0.5, 0.6) is 0 Å². The molecule has 0 fully saturated rings. The molecule has 3 aromatic carbocycles. The van der Waals surface area contributed by atoms with Crippen LogP contribution in [0.15, 0.2) is 71.6 Å². The van der Waals surface area contributed by atoms with Crippen LogP contribution in [0.2, 0.25) is 5.02 Å². The van der Waals surface area contributed by atoms with E-state index in [0.29, 0.717) is 33.1 Å². The number of halogens is 1. The number of ether oxygens (including phenoxy) is 1. The van der Waals surface area contributed by atoms with Gasteiger partial charge in [0, 0.05) is 10.7 Å². The fraction of sp³-hybridized carbons (Fsp3) is 0.200. The Morgan fingerprint density at radius 2 is 1.65 bits per heavy atom. The van der Waals surface area contributed by atoms with E-state index >= 15 is 0 Å². The van der Waals surface area contributed by atoms with E-state index in [1.54, 1.807) is 63.2 Å². The highest BCUT2D eigenvalue weighted by Crippen LogP contribution is 2.28. The molecule has 1 amide bonds. The van der Waals surface area contributed by atoms with Gasteiger partial charge in [-0.2, -0.15) is 0 Å². The van der Waals surface area contributed by atoms with E-state index < -0.39 is 28.4 Å². The topological polar surface area (TPSA) is 92.8 Å². The molecule has 7 nitrogen and oxygen atoms in total. The normalized spacial score (nSPS) is 11.1. The van der Waals surface area contributed by atoms with Crippen LogP contribution in [0.1, 0.15) is 28.4 Å². The fourth-order valence-corrected chi connectivity index (χ4v) is 5.01. The van der Waals surface area contributed by atoms with Gasteiger partial charge in [-0.25, -0.2) is 13.2 Å². The Morgan fingerprint density at radius 3 is 2.29 bits per heavy atom. The molecule has 178 valence electrons. The Hall–Kier alpha value is -3.36. The highest BCUT2D eigenvalue weighted by atomic mass is 35.5. The first-order valence-corrected chi connectivity index (χ1v) is 12.4. The molecule has 0 saturated heterocycles. The van der Waals surface area contributed by atoms with Gasteiger partial charge in [0.1, 0.15) is 6.54 Å². The zero-order valence-electron chi connectivity index (χ0n) is 19.0. The van der Waals surface area contributed by atoms with Crippen LogP contribution in [-0.4, -0.2) is 33.4 Å². The van der Waals surface area contributed by atoms with Crippen molar-refractivity contribution < 1.29 is 22.7 Å². The van der Waals surface area contributed by atoms with Crippen molar-refractivity contribution >= 4 is 44.9 Å². The van der Waals surface area contributed by atoms with E-state index in [9.17, 15) is 18.0 Å². The van der Waals surface area contributed by atoms with Gasteiger partial charge in [0.2, 0.25) is 5.91 Å². The molecule has 34 heavy (non-hydrogen) atoms. The predicted octanol–water partition coefficient (Wildman–Crippen LogP) is 4.97. The Labute approximate surface area is 204 Å². The number of esters is 1. The van der Waals surface area contributed by atoms with Gasteiger partial charge in [0.25, 0.3) is 10.0 Å². The zero-order valence-corrected chi connectivity index (χ0v) is 20.6. The second kappa shape index (κ2) is 10.7. The monoisotopic (exact) mass is 500 g/mol. The van der Waals surface area contributed by atoms with E-state index in [0.717, 1.165) is 4.31 Å². The number of nitrogens with zero attached hydrogens (tertiary/aromatic N) is 1. The van der Waals surface area contributed by atoms with E-state index in [-0.39, 0.29) is 11.5 Å². The van der Waals surface area contributed by atoms with Gasteiger partial charge < -0.3 is 10.1 Å². The lowest BCUT2D eigenvalue weighted by atomic mass is 10.1. The molecule has 3 aromatic rings. The predicted molar refractivity (Wildman–Crippen MR) is 133 cm³/mol. The third-order valence-electron chi connectivity index (χ3n) is 5.18. The van der Waals surface area contributed by atoms with Crippen LogP contribution < -0.4 is 9.62 Å². The summed E-state index contributed by atoms with van der Waals surface area (Å²) < 4.78 is 33.1. The van der Waals surface area contributed by atoms with Crippen LogP contribution in [0.4, 0.5) is 11.4 Å². The molecule has 0 bridgehead atoms. The minimum Gasteiger partial charge on any atom is -0.462 e. The molecule has 0 aromatic heterocycles. The van der Waals surface area contributed by atoms with Crippen LogP contribution in [0.25, 0.3) is 0 Å². The molecule has 3 rings (SSSR count). The van der Waals surface area contributed by atoms with Crippen molar-refractivity contribution in [3.63, 3.8) is 0 Å². The number of sulfonamides is 1. The second-order valence-electron chi connectivity index (χ2n) is 7.50. The molecule has 9 heteroatoms. The van der Waals surface area contributed by atoms with Gasteiger partial charge in [-0.3, -0.25) is 9.10 Å². The van der Waals surface area contributed by atoms with Crippen molar-refractivity contribution in [3.05, 3.63) is 88.4 Å². The zero-order chi connectivity index (χ0) is 24.9. The van der Waals surface area contributed by atoms with Gasteiger partial charge in [0.15, 0.2) is 0 Å². The number of anilines is 2. The van der Waals surface area contributed by atoms with Crippen molar-refractivity contribution in [2.75, 3.05) is 22.8 Å². The lowest BCUT2D eigenvalue weighted by Gasteiger charge is -2.26. The molecular weight excluding hydrogens is 476 g/mol. The third-order valence-corrected chi connectivity index (χ3v) is 7.20. The van der Waals surface area contributed by atoms with E-state index in [4.69, 9.17) is 16.3 Å². The summed E-state index contributed by atoms with van der Waals surface area (Å²) in [6.45, 7) is 4.91. The van der Waals surface area contributed by atoms with Crippen molar-refractivity contribution in [2.45, 2.75) is 25.7 Å². The summed E-state index contributed by atoms with van der Waals surface area (Å²) in [4.78, 5) is 25.2.